The summed E-state index contributed by atoms with van der Waals surface area (Å²) in [5.74, 6) is -0.787. The van der Waals surface area contributed by atoms with Gasteiger partial charge in [-0.15, -0.1) is 0 Å². The van der Waals surface area contributed by atoms with Crippen LogP contribution in [0.25, 0.3) is 0 Å². The van der Waals surface area contributed by atoms with Crippen LogP contribution in [0.4, 0.5) is 4.79 Å². The molecule has 1 heterocycles. The maximum atomic E-state index is 12.4. The Morgan fingerprint density at radius 2 is 1.80 bits per heavy atom. The highest BCUT2D eigenvalue weighted by atomic mass is 16.2. The van der Waals surface area contributed by atoms with Crippen LogP contribution in [0.15, 0.2) is 24.3 Å². The molecule has 0 unspecified atom stereocenters. The zero-order valence-corrected chi connectivity index (χ0v) is 11.3. The van der Waals surface area contributed by atoms with Gasteiger partial charge in [0.15, 0.2) is 0 Å². The van der Waals surface area contributed by atoms with Gasteiger partial charge in [0.1, 0.15) is 5.41 Å². The number of nitrogens with one attached hydrogen (secondary N) is 1. The zero-order chi connectivity index (χ0) is 14.3. The number of amides is 4. The Morgan fingerprint density at radius 1 is 1.15 bits per heavy atom. The van der Waals surface area contributed by atoms with Gasteiger partial charge in [0, 0.05) is 0 Å². The number of carbonyl (C=O) groups is 3. The molecule has 5 heteroatoms. The predicted molar refractivity (Wildman–Crippen MR) is 71.6 cm³/mol. The van der Waals surface area contributed by atoms with Crippen molar-refractivity contribution in [3.63, 3.8) is 0 Å². The van der Waals surface area contributed by atoms with E-state index in [9.17, 15) is 14.4 Å². The number of barbiturate groups is 1. The van der Waals surface area contributed by atoms with E-state index in [1.165, 1.54) is 4.90 Å². The number of nitrogens with zero attached hydrogens (tertiary/aromatic N) is 1. The van der Waals surface area contributed by atoms with Gasteiger partial charge in [0.25, 0.3) is 0 Å². The number of carbonyl (C=O) groups excluding carboxylic acids is 3. The summed E-state index contributed by atoms with van der Waals surface area (Å²) in [7, 11) is 0. The van der Waals surface area contributed by atoms with Crippen molar-refractivity contribution in [1.29, 1.82) is 0 Å². The van der Waals surface area contributed by atoms with E-state index in [0.29, 0.717) is 12.8 Å². The van der Waals surface area contributed by atoms with Crippen LogP contribution in [-0.2, 0) is 22.6 Å². The van der Waals surface area contributed by atoms with E-state index in [2.05, 4.69) is 5.32 Å². The number of benzene rings is 1. The molecule has 0 radical (unpaired) electrons. The maximum Gasteiger partial charge on any atom is 0.331 e. The molecule has 4 amide bonds. The summed E-state index contributed by atoms with van der Waals surface area (Å²) in [6.07, 6.45) is 1.91. The molecule has 1 aliphatic heterocycles. The van der Waals surface area contributed by atoms with Gasteiger partial charge in [-0.1, -0.05) is 31.2 Å². The van der Waals surface area contributed by atoms with Gasteiger partial charge in [-0.3, -0.25) is 19.8 Å². The van der Waals surface area contributed by atoms with E-state index in [4.69, 9.17) is 0 Å². The summed E-state index contributed by atoms with van der Waals surface area (Å²) in [6.45, 7) is 2.26. The standard InChI is InChI=1S/C15H16N2O3/c1-2-10-5-3-4-6-11(10)9-17-13(19)15(7-8-15)12(18)16-14(17)20/h3-6H,2,7-9H2,1H3,(H,16,18,20). The maximum absolute atomic E-state index is 12.4. The van der Waals surface area contributed by atoms with Gasteiger partial charge in [0.2, 0.25) is 11.8 Å². The molecule has 1 aliphatic carbocycles. The molecule has 1 N–H and O–H groups in total. The average molecular weight is 272 g/mol. The Labute approximate surface area is 116 Å². The molecule has 0 bridgehead atoms. The van der Waals surface area contributed by atoms with Gasteiger partial charge < -0.3 is 0 Å². The molecule has 2 fully saturated rings. The molecule has 1 saturated carbocycles. The van der Waals surface area contributed by atoms with E-state index in [1.54, 1.807) is 0 Å². The third-order valence-electron chi connectivity index (χ3n) is 4.13. The fourth-order valence-corrected chi connectivity index (χ4v) is 2.67. The third kappa shape index (κ3) is 1.81. The average Bonchev–Trinajstić information content (AvgIpc) is 3.24. The fourth-order valence-electron chi connectivity index (χ4n) is 2.67. The lowest BCUT2D eigenvalue weighted by Crippen LogP contribution is -2.58. The second-order valence-corrected chi connectivity index (χ2v) is 5.35. The van der Waals surface area contributed by atoms with Crippen molar-refractivity contribution in [2.45, 2.75) is 32.7 Å². The monoisotopic (exact) mass is 272 g/mol. The normalized spacial score (nSPS) is 20.2. The van der Waals surface area contributed by atoms with E-state index in [1.807, 2.05) is 31.2 Å². The fraction of sp³-hybridized carbons (Fsp3) is 0.400. The lowest BCUT2D eigenvalue weighted by atomic mass is 10.00. The molecule has 104 valence electrons. The Morgan fingerprint density at radius 3 is 2.40 bits per heavy atom. The topological polar surface area (TPSA) is 66.5 Å². The van der Waals surface area contributed by atoms with Crippen LogP contribution in [0.3, 0.4) is 0 Å². The molecule has 5 nitrogen and oxygen atoms in total. The quantitative estimate of drug-likeness (QED) is 0.850. The summed E-state index contributed by atoms with van der Waals surface area (Å²) >= 11 is 0. The summed E-state index contributed by atoms with van der Waals surface area (Å²) in [5.41, 5.74) is 1.09. The Kier molecular flexibility index (Phi) is 2.85. The molecular formula is C15H16N2O3. The number of aryl methyl sites for hydroxylation is 1. The van der Waals surface area contributed by atoms with Gasteiger partial charge in [-0.2, -0.15) is 0 Å². The van der Waals surface area contributed by atoms with Crippen LogP contribution in [0.5, 0.6) is 0 Å². The summed E-state index contributed by atoms with van der Waals surface area (Å²) in [4.78, 5) is 37.2. The number of rotatable bonds is 3. The molecule has 1 spiro atoms. The van der Waals surface area contributed by atoms with Crippen LogP contribution >= 0.6 is 0 Å². The number of hydrogen-bond donors (Lipinski definition) is 1. The predicted octanol–water partition coefficient (Wildman–Crippen LogP) is 1.61. The van der Waals surface area contributed by atoms with Gasteiger partial charge >= 0.3 is 6.03 Å². The SMILES string of the molecule is CCc1ccccc1CN1C(=O)NC(=O)C2(CC2)C1=O. The third-order valence-corrected chi connectivity index (χ3v) is 4.13. The van der Waals surface area contributed by atoms with Crippen LogP contribution in [0.1, 0.15) is 30.9 Å². The second kappa shape index (κ2) is 4.44. The van der Waals surface area contributed by atoms with Crippen molar-refractivity contribution < 1.29 is 14.4 Å². The lowest BCUT2D eigenvalue weighted by molar-refractivity contribution is -0.145. The Bertz CT molecular complexity index is 605. The molecule has 0 aromatic heterocycles. The second-order valence-electron chi connectivity index (χ2n) is 5.35. The van der Waals surface area contributed by atoms with E-state index < -0.39 is 17.4 Å². The Balaban J connectivity index is 1.88. The molecule has 1 aromatic carbocycles. The van der Waals surface area contributed by atoms with Crippen molar-refractivity contribution in [1.82, 2.24) is 10.2 Å². The first-order chi connectivity index (χ1) is 9.58. The number of imide groups is 2. The minimum Gasteiger partial charge on any atom is -0.277 e. The summed E-state index contributed by atoms with van der Waals surface area (Å²) in [5, 5.41) is 2.30. The zero-order valence-electron chi connectivity index (χ0n) is 11.3. The highest BCUT2D eigenvalue weighted by Gasteiger charge is 2.62. The van der Waals surface area contributed by atoms with Gasteiger partial charge in [-0.25, -0.2) is 4.79 Å². The molecule has 1 saturated heterocycles. The minimum absolute atomic E-state index is 0.226. The highest BCUT2D eigenvalue weighted by Crippen LogP contribution is 2.49. The van der Waals surface area contributed by atoms with Crippen LogP contribution < -0.4 is 5.32 Å². The number of hydrogen-bond acceptors (Lipinski definition) is 3. The molecule has 3 rings (SSSR count). The molecule has 0 atom stereocenters. The Hall–Kier alpha value is -2.17. The molecule has 2 aliphatic rings. The van der Waals surface area contributed by atoms with E-state index >= 15 is 0 Å². The first kappa shape index (κ1) is 12.8. The minimum atomic E-state index is -0.963. The highest BCUT2D eigenvalue weighted by molar-refractivity contribution is 6.20. The molecule has 1 aromatic rings. The van der Waals surface area contributed by atoms with Crippen LogP contribution in [0, 0.1) is 5.41 Å². The van der Waals surface area contributed by atoms with E-state index in [0.717, 1.165) is 17.5 Å². The molecule has 20 heavy (non-hydrogen) atoms. The van der Waals surface area contributed by atoms with Crippen LogP contribution in [-0.4, -0.2) is 22.7 Å². The van der Waals surface area contributed by atoms with Crippen molar-refractivity contribution >= 4 is 17.8 Å². The lowest BCUT2D eigenvalue weighted by Gasteiger charge is -2.30. The summed E-state index contributed by atoms with van der Waals surface area (Å²) < 4.78 is 0. The summed E-state index contributed by atoms with van der Waals surface area (Å²) in [6, 6.07) is 7.11. The van der Waals surface area contributed by atoms with Crippen LogP contribution in [0.2, 0.25) is 0 Å². The van der Waals surface area contributed by atoms with Crippen molar-refractivity contribution in [2.75, 3.05) is 0 Å². The first-order valence-corrected chi connectivity index (χ1v) is 6.82. The van der Waals surface area contributed by atoms with Crippen molar-refractivity contribution in [2.24, 2.45) is 5.41 Å². The van der Waals surface area contributed by atoms with Gasteiger partial charge in [0.05, 0.1) is 6.54 Å². The van der Waals surface area contributed by atoms with E-state index in [-0.39, 0.29) is 12.5 Å². The number of urea groups is 1. The smallest absolute Gasteiger partial charge is 0.277 e. The van der Waals surface area contributed by atoms with Crippen molar-refractivity contribution in [3.8, 4) is 0 Å². The van der Waals surface area contributed by atoms with Crippen molar-refractivity contribution in [3.05, 3.63) is 35.4 Å². The first-order valence-electron chi connectivity index (χ1n) is 6.82. The molecular weight excluding hydrogens is 256 g/mol. The van der Waals surface area contributed by atoms with Gasteiger partial charge in [-0.05, 0) is 30.4 Å². The largest absolute Gasteiger partial charge is 0.331 e.